The molecule has 23 heavy (non-hydrogen) atoms. The van der Waals surface area contributed by atoms with Gasteiger partial charge in [0.05, 0.1) is 7.11 Å². The first-order chi connectivity index (χ1) is 11.3. The minimum absolute atomic E-state index is 0.0697. The first-order valence-corrected chi connectivity index (χ1v) is 8.57. The predicted molar refractivity (Wildman–Crippen MR) is 93.5 cm³/mol. The maximum absolute atomic E-state index is 11.9. The Morgan fingerprint density at radius 3 is 2.87 bits per heavy atom. The van der Waals surface area contributed by atoms with Crippen LogP contribution in [0.5, 0.6) is 5.75 Å². The fourth-order valence-electron chi connectivity index (χ4n) is 2.84. The standard InChI is InChI=1S/C19H28N2O2/c1-23-18-10-6-5-9-17(18)15-21-19(22)12-14-20-13-11-16-7-3-2-4-8-16/h5-7,9-10,20H,2-4,8,11-15H2,1H3,(H,21,22). The third kappa shape index (κ3) is 6.45. The summed E-state index contributed by atoms with van der Waals surface area (Å²) in [5, 5.41) is 6.30. The molecular weight excluding hydrogens is 288 g/mol. The molecule has 0 spiro atoms. The van der Waals surface area contributed by atoms with Crippen LogP contribution in [0.3, 0.4) is 0 Å². The van der Waals surface area contributed by atoms with Gasteiger partial charge in [0.2, 0.25) is 5.91 Å². The molecule has 2 rings (SSSR count). The van der Waals surface area contributed by atoms with E-state index >= 15 is 0 Å². The highest BCUT2D eigenvalue weighted by Crippen LogP contribution is 2.19. The van der Waals surface area contributed by atoms with Crippen LogP contribution in [-0.4, -0.2) is 26.1 Å². The third-order valence-electron chi connectivity index (χ3n) is 4.21. The first kappa shape index (κ1) is 17.5. The molecule has 0 saturated carbocycles. The van der Waals surface area contributed by atoms with Crippen LogP contribution in [0.4, 0.5) is 0 Å². The summed E-state index contributed by atoms with van der Waals surface area (Å²) in [6, 6.07) is 7.75. The Bertz CT molecular complexity index is 526. The van der Waals surface area contributed by atoms with Crippen LogP contribution in [0.25, 0.3) is 0 Å². The van der Waals surface area contributed by atoms with Crippen molar-refractivity contribution in [3.63, 3.8) is 0 Å². The van der Waals surface area contributed by atoms with Crippen molar-refractivity contribution in [3.05, 3.63) is 41.5 Å². The molecule has 0 atom stereocenters. The molecule has 1 aliphatic rings. The molecule has 0 aromatic heterocycles. The number of carbonyl (C=O) groups is 1. The van der Waals surface area contributed by atoms with Gasteiger partial charge >= 0.3 is 0 Å². The van der Waals surface area contributed by atoms with Gasteiger partial charge in [-0.2, -0.15) is 0 Å². The van der Waals surface area contributed by atoms with Gasteiger partial charge in [0, 0.05) is 25.1 Å². The molecule has 1 aromatic carbocycles. The van der Waals surface area contributed by atoms with Crippen LogP contribution < -0.4 is 15.4 Å². The zero-order valence-electron chi connectivity index (χ0n) is 14.1. The van der Waals surface area contributed by atoms with Crippen molar-refractivity contribution >= 4 is 5.91 Å². The van der Waals surface area contributed by atoms with Crippen LogP contribution >= 0.6 is 0 Å². The van der Waals surface area contributed by atoms with Gasteiger partial charge in [-0.3, -0.25) is 4.79 Å². The highest BCUT2D eigenvalue weighted by molar-refractivity contribution is 5.76. The van der Waals surface area contributed by atoms with Gasteiger partial charge in [0.1, 0.15) is 5.75 Å². The molecule has 2 N–H and O–H groups in total. The highest BCUT2D eigenvalue weighted by atomic mass is 16.5. The largest absolute Gasteiger partial charge is 0.496 e. The zero-order chi connectivity index (χ0) is 16.3. The lowest BCUT2D eigenvalue weighted by Gasteiger charge is -2.13. The van der Waals surface area contributed by atoms with Crippen LogP contribution in [0.15, 0.2) is 35.9 Å². The summed E-state index contributed by atoms with van der Waals surface area (Å²) in [4.78, 5) is 11.9. The van der Waals surface area contributed by atoms with E-state index < -0.39 is 0 Å². The lowest BCUT2D eigenvalue weighted by atomic mass is 9.97. The lowest BCUT2D eigenvalue weighted by Crippen LogP contribution is -2.28. The molecule has 1 amide bonds. The van der Waals surface area contributed by atoms with Gasteiger partial charge < -0.3 is 15.4 Å². The summed E-state index contributed by atoms with van der Waals surface area (Å²) >= 11 is 0. The second kappa shape index (κ2) is 10.1. The summed E-state index contributed by atoms with van der Waals surface area (Å²) in [5.41, 5.74) is 2.57. The summed E-state index contributed by atoms with van der Waals surface area (Å²) in [7, 11) is 1.65. The summed E-state index contributed by atoms with van der Waals surface area (Å²) < 4.78 is 5.28. The zero-order valence-corrected chi connectivity index (χ0v) is 14.1. The number of ether oxygens (including phenoxy) is 1. The topological polar surface area (TPSA) is 50.4 Å². The fourth-order valence-corrected chi connectivity index (χ4v) is 2.84. The molecule has 4 nitrogen and oxygen atoms in total. The van der Waals surface area contributed by atoms with E-state index in [1.54, 1.807) is 12.7 Å². The average Bonchev–Trinajstić information content (AvgIpc) is 2.60. The molecule has 0 unspecified atom stereocenters. The molecule has 0 fully saturated rings. The Hall–Kier alpha value is -1.81. The maximum atomic E-state index is 11.9. The molecule has 0 saturated heterocycles. The summed E-state index contributed by atoms with van der Waals surface area (Å²) in [6.07, 6.45) is 9.16. The fraction of sp³-hybridized carbons (Fsp3) is 0.526. The third-order valence-corrected chi connectivity index (χ3v) is 4.21. The van der Waals surface area contributed by atoms with Gasteiger partial charge in [-0.15, -0.1) is 0 Å². The second-order valence-electron chi connectivity index (χ2n) is 5.95. The number of nitrogens with one attached hydrogen (secondary N) is 2. The summed E-state index contributed by atoms with van der Waals surface area (Å²) in [6.45, 7) is 2.20. The molecule has 4 heteroatoms. The van der Waals surface area contributed by atoms with Crippen molar-refractivity contribution in [2.75, 3.05) is 20.2 Å². The maximum Gasteiger partial charge on any atom is 0.221 e. The van der Waals surface area contributed by atoms with E-state index in [1.165, 1.54) is 25.7 Å². The molecule has 0 radical (unpaired) electrons. The normalized spacial score (nSPS) is 14.2. The van der Waals surface area contributed by atoms with Crippen LogP contribution in [0.1, 0.15) is 44.1 Å². The quantitative estimate of drug-likeness (QED) is 0.543. The van der Waals surface area contributed by atoms with Crippen LogP contribution in [0.2, 0.25) is 0 Å². The molecule has 1 aliphatic carbocycles. The summed E-state index contributed by atoms with van der Waals surface area (Å²) in [5.74, 6) is 0.881. The van der Waals surface area contributed by atoms with Gasteiger partial charge in [-0.25, -0.2) is 0 Å². The average molecular weight is 316 g/mol. The molecule has 1 aromatic rings. The van der Waals surface area contributed by atoms with Crippen molar-refractivity contribution in [1.29, 1.82) is 0 Å². The molecule has 126 valence electrons. The minimum Gasteiger partial charge on any atom is -0.496 e. The van der Waals surface area contributed by atoms with Crippen LogP contribution in [-0.2, 0) is 11.3 Å². The number of hydrogen-bond acceptors (Lipinski definition) is 3. The van der Waals surface area contributed by atoms with E-state index in [-0.39, 0.29) is 5.91 Å². The number of para-hydroxylation sites is 1. The Kier molecular flexibility index (Phi) is 7.67. The van der Waals surface area contributed by atoms with E-state index in [1.807, 2.05) is 24.3 Å². The Morgan fingerprint density at radius 1 is 1.22 bits per heavy atom. The predicted octanol–water partition coefficient (Wildman–Crippen LogP) is 3.18. The monoisotopic (exact) mass is 316 g/mol. The Balaban J connectivity index is 1.57. The Morgan fingerprint density at radius 2 is 2.09 bits per heavy atom. The van der Waals surface area contributed by atoms with Crippen molar-refractivity contribution in [3.8, 4) is 5.75 Å². The van der Waals surface area contributed by atoms with Gasteiger partial charge in [0.15, 0.2) is 0 Å². The molecule has 0 aliphatic heterocycles. The number of hydrogen-bond donors (Lipinski definition) is 2. The molecular formula is C19H28N2O2. The number of methoxy groups -OCH3 is 1. The molecule has 0 bridgehead atoms. The number of carbonyl (C=O) groups excluding carboxylic acids is 1. The van der Waals surface area contributed by atoms with Gasteiger partial charge in [0.25, 0.3) is 0 Å². The van der Waals surface area contributed by atoms with Crippen LogP contribution in [0, 0.1) is 0 Å². The van der Waals surface area contributed by atoms with E-state index in [2.05, 4.69) is 16.7 Å². The van der Waals surface area contributed by atoms with E-state index in [0.29, 0.717) is 13.0 Å². The van der Waals surface area contributed by atoms with Crippen molar-refractivity contribution in [1.82, 2.24) is 10.6 Å². The molecule has 0 heterocycles. The minimum atomic E-state index is 0.0697. The number of amides is 1. The number of benzene rings is 1. The first-order valence-electron chi connectivity index (χ1n) is 8.57. The number of rotatable bonds is 9. The van der Waals surface area contributed by atoms with E-state index in [0.717, 1.165) is 30.8 Å². The van der Waals surface area contributed by atoms with Crippen molar-refractivity contribution in [2.24, 2.45) is 0 Å². The van der Waals surface area contributed by atoms with Crippen molar-refractivity contribution < 1.29 is 9.53 Å². The highest BCUT2D eigenvalue weighted by Gasteiger charge is 2.06. The lowest BCUT2D eigenvalue weighted by molar-refractivity contribution is -0.121. The van der Waals surface area contributed by atoms with Crippen molar-refractivity contribution in [2.45, 2.75) is 45.1 Å². The smallest absolute Gasteiger partial charge is 0.221 e. The van der Waals surface area contributed by atoms with Gasteiger partial charge in [-0.05, 0) is 44.7 Å². The second-order valence-corrected chi connectivity index (χ2v) is 5.95. The Labute approximate surface area is 139 Å². The van der Waals surface area contributed by atoms with E-state index in [9.17, 15) is 4.79 Å². The SMILES string of the molecule is COc1ccccc1CNC(=O)CCNCCC1=CCCCC1. The number of allylic oxidation sites excluding steroid dienone is 1. The van der Waals surface area contributed by atoms with E-state index in [4.69, 9.17) is 4.74 Å². The van der Waals surface area contributed by atoms with Gasteiger partial charge in [-0.1, -0.05) is 29.8 Å².